The fourth-order valence-corrected chi connectivity index (χ4v) is 2.69. The van der Waals surface area contributed by atoms with Gasteiger partial charge in [0.25, 0.3) is 5.91 Å². The maximum Gasteiger partial charge on any atom is 0.292 e. The lowest BCUT2D eigenvalue weighted by Gasteiger charge is -2.16. The maximum atomic E-state index is 11.8. The molecule has 7 heteroatoms. The minimum Gasteiger partial charge on any atom is -0.459 e. The van der Waals surface area contributed by atoms with Crippen molar-refractivity contribution in [1.82, 2.24) is 15.1 Å². The third-order valence-corrected chi connectivity index (χ3v) is 4.08. The molecule has 0 aromatic carbocycles. The van der Waals surface area contributed by atoms with Crippen molar-refractivity contribution in [3.63, 3.8) is 0 Å². The van der Waals surface area contributed by atoms with Gasteiger partial charge in [-0.1, -0.05) is 13.8 Å². The summed E-state index contributed by atoms with van der Waals surface area (Å²) in [5, 5.41) is 11.6. The van der Waals surface area contributed by atoms with Gasteiger partial charge in [-0.3, -0.25) is 4.79 Å². The van der Waals surface area contributed by atoms with E-state index in [1.165, 1.54) is 6.26 Å². The summed E-state index contributed by atoms with van der Waals surface area (Å²) in [6.45, 7) is 7.45. The van der Waals surface area contributed by atoms with E-state index in [9.17, 15) is 4.79 Å². The van der Waals surface area contributed by atoms with Crippen LogP contribution in [-0.2, 0) is 0 Å². The summed E-state index contributed by atoms with van der Waals surface area (Å²) in [4.78, 5) is 14.1. The molecule has 0 atom stereocenters. The molecule has 1 amide bonds. The average Bonchev–Trinajstić information content (AvgIpc) is 3.08. The van der Waals surface area contributed by atoms with E-state index in [1.54, 1.807) is 30.0 Å². The van der Waals surface area contributed by atoms with Gasteiger partial charge < -0.3 is 14.6 Å². The van der Waals surface area contributed by atoms with Crippen molar-refractivity contribution in [2.75, 3.05) is 30.7 Å². The minimum atomic E-state index is -0.332. The summed E-state index contributed by atoms with van der Waals surface area (Å²) in [6, 6.07) is 6.86. The van der Waals surface area contributed by atoms with Gasteiger partial charge in [-0.05, 0) is 37.4 Å². The normalized spacial score (nSPS) is 10.9. The van der Waals surface area contributed by atoms with Crippen molar-refractivity contribution in [1.29, 1.82) is 0 Å². The Morgan fingerprint density at radius 1 is 1.27 bits per heavy atom. The Morgan fingerprint density at radius 2 is 2.09 bits per heavy atom. The Hall–Kier alpha value is -1.86. The van der Waals surface area contributed by atoms with Crippen LogP contribution in [0.2, 0.25) is 0 Å². The number of nitrogens with one attached hydrogen (secondary N) is 1. The van der Waals surface area contributed by atoms with Crippen LogP contribution in [0.4, 0.5) is 5.82 Å². The lowest BCUT2D eigenvalue weighted by molar-refractivity contribution is 0.0996. The van der Waals surface area contributed by atoms with E-state index in [0.29, 0.717) is 5.82 Å². The zero-order chi connectivity index (χ0) is 15.8. The van der Waals surface area contributed by atoms with Gasteiger partial charge in [0.05, 0.1) is 6.26 Å². The fourth-order valence-electron chi connectivity index (χ4n) is 1.87. The molecule has 0 saturated carbocycles. The predicted octanol–water partition coefficient (Wildman–Crippen LogP) is 2.76. The van der Waals surface area contributed by atoms with E-state index >= 15 is 0 Å². The summed E-state index contributed by atoms with van der Waals surface area (Å²) in [5.41, 5.74) is 0. The second kappa shape index (κ2) is 8.55. The largest absolute Gasteiger partial charge is 0.459 e. The van der Waals surface area contributed by atoms with E-state index in [4.69, 9.17) is 4.42 Å². The molecule has 6 nitrogen and oxygen atoms in total. The van der Waals surface area contributed by atoms with Crippen LogP contribution in [0.15, 0.2) is 40.0 Å². The van der Waals surface area contributed by atoms with E-state index in [-0.39, 0.29) is 11.7 Å². The number of furan rings is 1. The lowest BCUT2D eigenvalue weighted by Crippen LogP contribution is -2.25. The van der Waals surface area contributed by atoms with Gasteiger partial charge in [0.15, 0.2) is 11.6 Å². The molecule has 0 unspecified atom stereocenters. The van der Waals surface area contributed by atoms with Crippen LogP contribution in [-0.4, -0.2) is 46.4 Å². The van der Waals surface area contributed by atoms with Gasteiger partial charge in [-0.25, -0.2) is 0 Å². The molecule has 0 radical (unpaired) electrons. The number of anilines is 1. The van der Waals surface area contributed by atoms with E-state index < -0.39 is 0 Å². The van der Waals surface area contributed by atoms with Crippen LogP contribution in [0, 0.1) is 0 Å². The Bertz CT molecular complexity index is 568. The van der Waals surface area contributed by atoms with Gasteiger partial charge in [-0.2, -0.15) is 0 Å². The summed E-state index contributed by atoms with van der Waals surface area (Å²) >= 11 is 1.66. The molecule has 0 saturated heterocycles. The SMILES string of the molecule is CCN(CC)CCSc1ccc(NC(=O)c2ccco2)nn1. The Morgan fingerprint density at radius 3 is 2.68 bits per heavy atom. The molecular weight excluding hydrogens is 300 g/mol. The summed E-state index contributed by atoms with van der Waals surface area (Å²) in [5.74, 6) is 1.30. The number of carbonyl (C=O) groups excluding carboxylic acids is 1. The first-order valence-corrected chi connectivity index (χ1v) is 8.25. The summed E-state index contributed by atoms with van der Waals surface area (Å²) < 4.78 is 5.02. The molecule has 0 spiro atoms. The first kappa shape index (κ1) is 16.5. The van der Waals surface area contributed by atoms with Crippen LogP contribution in [0.3, 0.4) is 0 Å². The number of carbonyl (C=O) groups is 1. The molecule has 0 aliphatic heterocycles. The van der Waals surface area contributed by atoms with Gasteiger partial charge in [0, 0.05) is 12.3 Å². The number of hydrogen-bond donors (Lipinski definition) is 1. The van der Waals surface area contributed by atoms with Crippen LogP contribution >= 0.6 is 11.8 Å². The molecule has 2 heterocycles. The molecule has 0 aliphatic carbocycles. The third kappa shape index (κ3) is 4.85. The number of rotatable bonds is 8. The summed E-state index contributed by atoms with van der Waals surface area (Å²) in [6.07, 6.45) is 1.45. The van der Waals surface area contributed by atoms with Crippen molar-refractivity contribution < 1.29 is 9.21 Å². The number of nitrogens with zero attached hydrogens (tertiary/aromatic N) is 3. The highest BCUT2D eigenvalue weighted by atomic mass is 32.2. The van der Waals surface area contributed by atoms with Gasteiger partial charge >= 0.3 is 0 Å². The topological polar surface area (TPSA) is 71.3 Å². The Labute approximate surface area is 134 Å². The average molecular weight is 320 g/mol. The minimum absolute atomic E-state index is 0.250. The van der Waals surface area contributed by atoms with E-state index in [1.807, 2.05) is 6.07 Å². The van der Waals surface area contributed by atoms with Crippen molar-refractivity contribution in [3.05, 3.63) is 36.3 Å². The molecule has 118 valence electrons. The molecule has 2 rings (SSSR count). The summed E-state index contributed by atoms with van der Waals surface area (Å²) in [7, 11) is 0. The first-order valence-electron chi connectivity index (χ1n) is 7.26. The Kier molecular flexibility index (Phi) is 6.42. The van der Waals surface area contributed by atoms with Crippen molar-refractivity contribution >= 4 is 23.5 Å². The van der Waals surface area contributed by atoms with Gasteiger partial charge in [0.1, 0.15) is 5.03 Å². The molecule has 2 aromatic heterocycles. The van der Waals surface area contributed by atoms with Gasteiger partial charge in [0.2, 0.25) is 0 Å². The highest BCUT2D eigenvalue weighted by Crippen LogP contribution is 2.16. The second-order valence-electron chi connectivity index (χ2n) is 4.56. The molecule has 22 heavy (non-hydrogen) atoms. The lowest BCUT2D eigenvalue weighted by atomic mass is 10.4. The second-order valence-corrected chi connectivity index (χ2v) is 5.68. The number of amides is 1. The molecule has 0 bridgehead atoms. The van der Waals surface area contributed by atoms with E-state index in [2.05, 4.69) is 34.3 Å². The number of thioether (sulfide) groups is 1. The van der Waals surface area contributed by atoms with Crippen molar-refractivity contribution in [2.24, 2.45) is 0 Å². The smallest absolute Gasteiger partial charge is 0.292 e. The fraction of sp³-hybridized carbons (Fsp3) is 0.400. The monoisotopic (exact) mass is 320 g/mol. The zero-order valence-corrected chi connectivity index (χ0v) is 13.6. The van der Waals surface area contributed by atoms with Gasteiger partial charge in [-0.15, -0.1) is 22.0 Å². The Balaban J connectivity index is 1.81. The molecular formula is C15H20N4O2S. The van der Waals surface area contributed by atoms with Crippen LogP contribution in [0.1, 0.15) is 24.4 Å². The zero-order valence-electron chi connectivity index (χ0n) is 12.8. The van der Waals surface area contributed by atoms with Crippen LogP contribution in [0.25, 0.3) is 0 Å². The predicted molar refractivity (Wildman–Crippen MR) is 87.2 cm³/mol. The van der Waals surface area contributed by atoms with Crippen molar-refractivity contribution in [2.45, 2.75) is 18.9 Å². The standard InChI is InChI=1S/C15H20N4O2S/c1-3-19(4-2)9-11-22-14-8-7-13(17-18-14)16-15(20)12-6-5-10-21-12/h5-8,10H,3-4,9,11H2,1-2H3,(H,16,17,20). The number of hydrogen-bond acceptors (Lipinski definition) is 6. The van der Waals surface area contributed by atoms with Crippen molar-refractivity contribution in [3.8, 4) is 0 Å². The first-order chi connectivity index (χ1) is 10.7. The maximum absolute atomic E-state index is 11.8. The third-order valence-electron chi connectivity index (χ3n) is 3.18. The molecule has 1 N–H and O–H groups in total. The quantitative estimate of drug-likeness (QED) is 0.754. The van der Waals surface area contributed by atoms with E-state index in [0.717, 1.165) is 30.4 Å². The highest BCUT2D eigenvalue weighted by molar-refractivity contribution is 7.99. The molecule has 0 aliphatic rings. The highest BCUT2D eigenvalue weighted by Gasteiger charge is 2.09. The molecule has 0 fully saturated rings. The number of aromatic nitrogens is 2. The van der Waals surface area contributed by atoms with Crippen LogP contribution in [0.5, 0.6) is 0 Å². The molecule has 2 aromatic rings. The van der Waals surface area contributed by atoms with Crippen LogP contribution < -0.4 is 5.32 Å².